The zero-order valence-electron chi connectivity index (χ0n) is 16.0. The predicted octanol–water partition coefficient (Wildman–Crippen LogP) is 4.76. The van der Waals surface area contributed by atoms with E-state index in [2.05, 4.69) is 9.97 Å². The van der Waals surface area contributed by atoms with Gasteiger partial charge in [0.2, 0.25) is 10.0 Å². The summed E-state index contributed by atoms with van der Waals surface area (Å²) in [6.07, 6.45) is 0. The summed E-state index contributed by atoms with van der Waals surface area (Å²) in [6, 6.07) is 19.1. The number of aromatic nitrogens is 2. The van der Waals surface area contributed by atoms with Crippen LogP contribution in [0.2, 0.25) is 5.02 Å². The Morgan fingerprint density at radius 2 is 1.55 bits per heavy atom. The van der Waals surface area contributed by atoms with Crippen LogP contribution >= 0.6 is 11.6 Å². The third-order valence-corrected chi connectivity index (χ3v) is 5.71. The van der Waals surface area contributed by atoms with Crippen LogP contribution < -0.4 is 9.88 Å². The summed E-state index contributed by atoms with van der Waals surface area (Å²) in [5.74, 6) is 0.699. The van der Waals surface area contributed by atoms with E-state index >= 15 is 0 Å². The molecule has 0 saturated carbocycles. The maximum atomic E-state index is 13.1. The average Bonchev–Trinajstić information content (AvgIpc) is 3.18. The number of hydrogen-bond donors (Lipinski definition) is 2. The maximum absolute atomic E-state index is 13.1. The summed E-state index contributed by atoms with van der Waals surface area (Å²) in [5.41, 5.74) is 2.87. The summed E-state index contributed by atoms with van der Waals surface area (Å²) >= 11 is 6.01. The first kappa shape index (κ1) is 21.0. The lowest BCUT2D eigenvalue weighted by Gasteiger charge is -2.05. The molecule has 9 heteroatoms. The number of ether oxygens (including phenoxy) is 1. The van der Waals surface area contributed by atoms with Gasteiger partial charge in [-0.3, -0.25) is 0 Å². The van der Waals surface area contributed by atoms with E-state index in [1.165, 1.54) is 36.4 Å². The van der Waals surface area contributed by atoms with Crippen LogP contribution in [-0.2, 0) is 16.6 Å². The number of nitrogens with zero attached hydrogens (tertiary/aromatic N) is 1. The lowest BCUT2D eigenvalue weighted by molar-refractivity contribution is 0.297. The molecule has 0 unspecified atom stereocenters. The number of primary sulfonamides is 1. The highest BCUT2D eigenvalue weighted by Gasteiger charge is 2.16. The summed E-state index contributed by atoms with van der Waals surface area (Å²) in [5, 5.41) is 5.78. The third kappa shape index (κ3) is 4.93. The number of nitrogens with one attached hydrogen (secondary N) is 1. The van der Waals surface area contributed by atoms with Gasteiger partial charge < -0.3 is 9.72 Å². The van der Waals surface area contributed by atoms with Crippen molar-refractivity contribution < 1.29 is 17.5 Å². The number of imidazole rings is 1. The Morgan fingerprint density at radius 3 is 2.16 bits per heavy atom. The number of rotatable bonds is 6. The Kier molecular flexibility index (Phi) is 5.77. The van der Waals surface area contributed by atoms with E-state index in [0.29, 0.717) is 28.0 Å². The zero-order valence-corrected chi connectivity index (χ0v) is 17.6. The lowest BCUT2D eigenvalue weighted by atomic mass is 10.1. The molecule has 0 fully saturated rings. The van der Waals surface area contributed by atoms with Crippen molar-refractivity contribution >= 4 is 21.6 Å². The van der Waals surface area contributed by atoms with Gasteiger partial charge in [0.1, 0.15) is 24.0 Å². The molecule has 0 radical (unpaired) electrons. The molecule has 1 aromatic heterocycles. The number of H-pyrrole nitrogens is 1. The molecule has 0 amide bonds. The Hall–Kier alpha value is -3.20. The van der Waals surface area contributed by atoms with Crippen molar-refractivity contribution in [2.75, 3.05) is 0 Å². The number of halogens is 2. The monoisotopic (exact) mass is 457 g/mol. The predicted molar refractivity (Wildman–Crippen MR) is 117 cm³/mol. The van der Waals surface area contributed by atoms with Crippen LogP contribution in [0.1, 0.15) is 5.82 Å². The molecule has 0 aliphatic rings. The second-order valence-corrected chi connectivity index (χ2v) is 8.72. The van der Waals surface area contributed by atoms with Crippen molar-refractivity contribution in [3.8, 4) is 28.3 Å². The SMILES string of the molecule is NS(=O)(=O)c1ccc(-c2[nH]c(COc3ccc(F)cc3)nc2-c2ccc(Cl)cc2)cc1. The van der Waals surface area contributed by atoms with Crippen molar-refractivity contribution in [1.82, 2.24) is 9.97 Å². The van der Waals surface area contributed by atoms with E-state index in [4.69, 9.17) is 21.5 Å². The summed E-state index contributed by atoms with van der Waals surface area (Å²) < 4.78 is 41.9. The standard InChI is InChI=1S/C22H17ClFN3O3S/c23-16-5-1-14(2-6-16)21-22(15-3-11-19(12-4-15)31(25,28)29)27-20(26-21)13-30-18-9-7-17(24)8-10-18/h1-12H,13H2,(H,26,27)(H2,25,28,29). The second-order valence-electron chi connectivity index (χ2n) is 6.73. The van der Waals surface area contributed by atoms with Gasteiger partial charge in [-0.05, 0) is 48.5 Å². The number of nitrogens with two attached hydrogens (primary N) is 1. The molecule has 0 atom stereocenters. The highest BCUT2D eigenvalue weighted by atomic mass is 35.5. The second kappa shape index (κ2) is 8.50. The van der Waals surface area contributed by atoms with Gasteiger partial charge in [0, 0.05) is 16.1 Å². The molecular formula is C22H17ClFN3O3S. The van der Waals surface area contributed by atoms with Crippen LogP contribution in [-0.4, -0.2) is 18.4 Å². The number of hydrogen-bond acceptors (Lipinski definition) is 4. The molecule has 0 spiro atoms. The quantitative estimate of drug-likeness (QED) is 0.436. The zero-order chi connectivity index (χ0) is 22.0. The minimum absolute atomic E-state index is 0.0173. The minimum Gasteiger partial charge on any atom is -0.486 e. The highest BCUT2D eigenvalue weighted by Crippen LogP contribution is 2.31. The molecule has 158 valence electrons. The molecule has 6 nitrogen and oxygen atoms in total. The van der Waals surface area contributed by atoms with Gasteiger partial charge in [-0.2, -0.15) is 0 Å². The smallest absolute Gasteiger partial charge is 0.238 e. The fourth-order valence-electron chi connectivity index (χ4n) is 3.01. The summed E-state index contributed by atoms with van der Waals surface area (Å²) in [6.45, 7) is 0.126. The molecule has 0 aliphatic carbocycles. The van der Waals surface area contributed by atoms with E-state index < -0.39 is 10.0 Å². The largest absolute Gasteiger partial charge is 0.486 e. The van der Waals surface area contributed by atoms with Gasteiger partial charge in [0.25, 0.3) is 0 Å². The van der Waals surface area contributed by atoms with E-state index in [1.54, 1.807) is 24.3 Å². The third-order valence-electron chi connectivity index (χ3n) is 4.53. The molecule has 4 aromatic rings. The van der Waals surface area contributed by atoms with E-state index in [1.807, 2.05) is 12.1 Å². The van der Waals surface area contributed by atoms with Crippen molar-refractivity contribution in [2.24, 2.45) is 5.14 Å². The van der Waals surface area contributed by atoms with Crippen LogP contribution in [0.15, 0.2) is 77.7 Å². The lowest BCUT2D eigenvalue weighted by Crippen LogP contribution is -2.11. The van der Waals surface area contributed by atoms with Crippen LogP contribution in [0, 0.1) is 5.82 Å². The normalized spacial score (nSPS) is 11.5. The molecule has 3 N–H and O–H groups in total. The van der Waals surface area contributed by atoms with Gasteiger partial charge in [-0.15, -0.1) is 0 Å². The van der Waals surface area contributed by atoms with Crippen LogP contribution in [0.3, 0.4) is 0 Å². The number of aromatic amines is 1. The van der Waals surface area contributed by atoms with Gasteiger partial charge in [-0.1, -0.05) is 35.9 Å². The Labute approximate surface area is 183 Å². The summed E-state index contributed by atoms with van der Waals surface area (Å²) in [7, 11) is -3.79. The van der Waals surface area contributed by atoms with Crippen molar-refractivity contribution in [1.29, 1.82) is 0 Å². The molecule has 4 rings (SSSR count). The van der Waals surface area contributed by atoms with Crippen molar-refractivity contribution in [3.05, 3.63) is 89.5 Å². The fourth-order valence-corrected chi connectivity index (χ4v) is 3.65. The van der Waals surface area contributed by atoms with Gasteiger partial charge in [0.05, 0.1) is 16.3 Å². The fraction of sp³-hybridized carbons (Fsp3) is 0.0455. The molecule has 0 saturated heterocycles. The van der Waals surface area contributed by atoms with E-state index in [-0.39, 0.29) is 17.3 Å². The summed E-state index contributed by atoms with van der Waals surface area (Å²) in [4.78, 5) is 7.89. The molecule has 0 aliphatic heterocycles. The Morgan fingerprint density at radius 1 is 0.935 bits per heavy atom. The molecule has 31 heavy (non-hydrogen) atoms. The highest BCUT2D eigenvalue weighted by molar-refractivity contribution is 7.89. The average molecular weight is 458 g/mol. The van der Waals surface area contributed by atoms with Crippen LogP contribution in [0.4, 0.5) is 4.39 Å². The van der Waals surface area contributed by atoms with Crippen molar-refractivity contribution in [3.63, 3.8) is 0 Å². The maximum Gasteiger partial charge on any atom is 0.238 e. The number of sulfonamides is 1. The molecule has 1 heterocycles. The van der Waals surface area contributed by atoms with E-state index in [0.717, 1.165) is 11.1 Å². The van der Waals surface area contributed by atoms with Crippen LogP contribution in [0.25, 0.3) is 22.5 Å². The Balaban J connectivity index is 1.70. The topological polar surface area (TPSA) is 98.1 Å². The molecule has 3 aromatic carbocycles. The Bertz CT molecular complexity index is 1300. The first-order chi connectivity index (χ1) is 14.8. The first-order valence-corrected chi connectivity index (χ1v) is 11.1. The van der Waals surface area contributed by atoms with Gasteiger partial charge in [0.15, 0.2) is 0 Å². The van der Waals surface area contributed by atoms with Gasteiger partial charge >= 0.3 is 0 Å². The minimum atomic E-state index is -3.79. The van der Waals surface area contributed by atoms with E-state index in [9.17, 15) is 12.8 Å². The van der Waals surface area contributed by atoms with Gasteiger partial charge in [-0.25, -0.2) is 22.9 Å². The molecule has 0 bridgehead atoms. The molecular weight excluding hydrogens is 441 g/mol. The number of benzene rings is 3. The first-order valence-electron chi connectivity index (χ1n) is 9.16. The van der Waals surface area contributed by atoms with Crippen LogP contribution in [0.5, 0.6) is 5.75 Å². The van der Waals surface area contributed by atoms with Crippen molar-refractivity contribution in [2.45, 2.75) is 11.5 Å².